The molecular weight excluding hydrogens is 260 g/mol. The predicted molar refractivity (Wildman–Crippen MR) is 62.2 cm³/mol. The lowest BCUT2D eigenvalue weighted by molar-refractivity contribution is -0.149. The third kappa shape index (κ3) is 2.14. The number of rotatable bonds is 2. The Labute approximate surface area is 107 Å². The van der Waals surface area contributed by atoms with Crippen molar-refractivity contribution in [1.29, 1.82) is 0 Å². The van der Waals surface area contributed by atoms with Gasteiger partial charge in [0.15, 0.2) is 0 Å². The summed E-state index contributed by atoms with van der Waals surface area (Å²) in [5, 5.41) is 4.44. The Morgan fingerprint density at radius 2 is 1.56 bits per heavy atom. The molecule has 1 aromatic rings. The normalized spacial score (nSPS) is 18.0. The maximum atomic E-state index is 11.7. The standard InChI is InChI=1S/C11H9ClN2O4/c1-11(8(15)13-10(17)14-9(11)16)18-7-4-2-6(12)3-5-7/h2-5H,1H3,(H2,13,14,15,16,17). The van der Waals surface area contributed by atoms with Gasteiger partial charge < -0.3 is 4.74 Å². The van der Waals surface area contributed by atoms with Crippen molar-refractivity contribution < 1.29 is 19.1 Å². The first-order valence-corrected chi connectivity index (χ1v) is 5.41. The molecule has 1 aliphatic heterocycles. The number of halogens is 1. The summed E-state index contributed by atoms with van der Waals surface area (Å²) in [7, 11) is 0. The first kappa shape index (κ1) is 12.4. The van der Waals surface area contributed by atoms with E-state index >= 15 is 0 Å². The fourth-order valence-electron chi connectivity index (χ4n) is 1.41. The van der Waals surface area contributed by atoms with Crippen LogP contribution in [-0.2, 0) is 9.59 Å². The van der Waals surface area contributed by atoms with Gasteiger partial charge in [-0.05, 0) is 31.2 Å². The lowest BCUT2D eigenvalue weighted by atomic mass is 10.0. The number of amides is 4. The molecule has 0 aromatic heterocycles. The second-order valence-corrected chi connectivity index (χ2v) is 4.26. The SMILES string of the molecule is CC1(Oc2ccc(Cl)cc2)C(=O)NC(=O)NC1=O. The Balaban J connectivity index is 2.25. The Kier molecular flexibility index (Phi) is 2.96. The highest BCUT2D eigenvalue weighted by Gasteiger charge is 2.48. The van der Waals surface area contributed by atoms with Crippen LogP contribution in [0.3, 0.4) is 0 Å². The topological polar surface area (TPSA) is 84.5 Å². The average molecular weight is 269 g/mol. The molecule has 2 N–H and O–H groups in total. The van der Waals surface area contributed by atoms with Gasteiger partial charge in [0.2, 0.25) is 0 Å². The summed E-state index contributed by atoms with van der Waals surface area (Å²) in [6.07, 6.45) is 0. The van der Waals surface area contributed by atoms with Gasteiger partial charge in [0.1, 0.15) is 5.75 Å². The fraction of sp³-hybridized carbons (Fsp3) is 0.182. The number of carbonyl (C=O) groups excluding carboxylic acids is 3. The first-order chi connectivity index (χ1) is 8.41. The molecule has 1 aliphatic rings. The van der Waals surface area contributed by atoms with Crippen molar-refractivity contribution in [3.63, 3.8) is 0 Å². The van der Waals surface area contributed by atoms with E-state index in [9.17, 15) is 14.4 Å². The summed E-state index contributed by atoms with van der Waals surface area (Å²) >= 11 is 5.71. The Morgan fingerprint density at radius 3 is 2.06 bits per heavy atom. The maximum Gasteiger partial charge on any atom is 0.328 e. The molecule has 1 aromatic carbocycles. The molecule has 0 bridgehead atoms. The number of carbonyl (C=O) groups is 3. The minimum Gasteiger partial charge on any atom is -0.468 e. The molecule has 0 spiro atoms. The van der Waals surface area contributed by atoms with E-state index in [1.807, 2.05) is 10.6 Å². The number of ether oxygens (including phenoxy) is 1. The number of urea groups is 1. The van der Waals surface area contributed by atoms with E-state index in [4.69, 9.17) is 16.3 Å². The summed E-state index contributed by atoms with van der Waals surface area (Å²) in [5.41, 5.74) is -1.79. The maximum absolute atomic E-state index is 11.7. The molecule has 0 aliphatic carbocycles. The van der Waals surface area contributed by atoms with E-state index < -0.39 is 23.4 Å². The van der Waals surface area contributed by atoms with Crippen LogP contribution in [0, 0.1) is 0 Å². The van der Waals surface area contributed by atoms with Gasteiger partial charge in [-0.15, -0.1) is 0 Å². The van der Waals surface area contributed by atoms with Crippen molar-refractivity contribution in [2.45, 2.75) is 12.5 Å². The van der Waals surface area contributed by atoms with E-state index in [-0.39, 0.29) is 0 Å². The van der Waals surface area contributed by atoms with Crippen LogP contribution in [0.25, 0.3) is 0 Å². The van der Waals surface area contributed by atoms with Crippen LogP contribution in [-0.4, -0.2) is 23.4 Å². The van der Waals surface area contributed by atoms with Gasteiger partial charge in [0, 0.05) is 5.02 Å². The number of barbiturate groups is 1. The molecule has 4 amide bonds. The van der Waals surface area contributed by atoms with Crippen LogP contribution < -0.4 is 15.4 Å². The molecule has 1 saturated heterocycles. The van der Waals surface area contributed by atoms with E-state index in [1.54, 1.807) is 12.1 Å². The average Bonchev–Trinajstić information content (AvgIpc) is 2.30. The van der Waals surface area contributed by atoms with Gasteiger partial charge in [0.25, 0.3) is 17.4 Å². The molecule has 0 atom stereocenters. The summed E-state index contributed by atoms with van der Waals surface area (Å²) in [4.78, 5) is 34.3. The highest BCUT2D eigenvalue weighted by Crippen LogP contribution is 2.22. The summed E-state index contributed by atoms with van der Waals surface area (Å²) in [6, 6.07) is 5.30. The van der Waals surface area contributed by atoms with Crippen molar-refractivity contribution in [3.05, 3.63) is 29.3 Å². The third-order valence-electron chi connectivity index (χ3n) is 2.46. The summed E-state index contributed by atoms with van der Waals surface area (Å²) < 4.78 is 5.34. The minimum absolute atomic E-state index is 0.293. The van der Waals surface area contributed by atoms with Gasteiger partial charge in [-0.3, -0.25) is 20.2 Å². The zero-order valence-electron chi connectivity index (χ0n) is 9.32. The van der Waals surface area contributed by atoms with Crippen LogP contribution in [0.5, 0.6) is 5.75 Å². The van der Waals surface area contributed by atoms with Crippen LogP contribution in [0.4, 0.5) is 4.79 Å². The van der Waals surface area contributed by atoms with E-state index in [1.165, 1.54) is 19.1 Å². The molecule has 2 rings (SSSR count). The monoisotopic (exact) mass is 268 g/mol. The van der Waals surface area contributed by atoms with Gasteiger partial charge in [-0.2, -0.15) is 0 Å². The van der Waals surface area contributed by atoms with Gasteiger partial charge >= 0.3 is 6.03 Å². The van der Waals surface area contributed by atoms with Crippen molar-refractivity contribution in [1.82, 2.24) is 10.6 Å². The van der Waals surface area contributed by atoms with E-state index in [2.05, 4.69) is 0 Å². The van der Waals surface area contributed by atoms with Crippen LogP contribution in [0.1, 0.15) is 6.92 Å². The van der Waals surface area contributed by atoms with Crippen molar-refractivity contribution in [2.24, 2.45) is 0 Å². The Bertz CT molecular complexity index is 506. The van der Waals surface area contributed by atoms with Gasteiger partial charge in [-0.25, -0.2) is 4.79 Å². The summed E-state index contributed by atoms with van der Waals surface area (Å²) in [5.74, 6) is -1.33. The molecule has 1 heterocycles. The molecule has 94 valence electrons. The lowest BCUT2D eigenvalue weighted by Gasteiger charge is -2.30. The van der Waals surface area contributed by atoms with Crippen molar-refractivity contribution >= 4 is 29.4 Å². The molecule has 6 nitrogen and oxygen atoms in total. The van der Waals surface area contributed by atoms with Crippen molar-refractivity contribution in [2.75, 3.05) is 0 Å². The third-order valence-corrected chi connectivity index (χ3v) is 2.71. The van der Waals surface area contributed by atoms with Crippen LogP contribution in [0.2, 0.25) is 5.02 Å². The molecule has 7 heteroatoms. The van der Waals surface area contributed by atoms with E-state index in [0.29, 0.717) is 10.8 Å². The molecule has 1 fully saturated rings. The molecule has 0 unspecified atom stereocenters. The fourth-order valence-corrected chi connectivity index (χ4v) is 1.54. The minimum atomic E-state index is -1.79. The molecule has 18 heavy (non-hydrogen) atoms. The second-order valence-electron chi connectivity index (χ2n) is 3.83. The largest absolute Gasteiger partial charge is 0.468 e. The second kappa shape index (κ2) is 4.30. The van der Waals surface area contributed by atoms with Gasteiger partial charge in [-0.1, -0.05) is 11.6 Å². The molecule has 0 saturated carbocycles. The quantitative estimate of drug-likeness (QED) is 0.779. The number of hydrogen-bond donors (Lipinski definition) is 2. The predicted octanol–water partition coefficient (Wildman–Crippen LogP) is 0.843. The van der Waals surface area contributed by atoms with E-state index in [0.717, 1.165) is 0 Å². The summed E-state index contributed by atoms with van der Waals surface area (Å²) in [6.45, 7) is 1.28. The number of imide groups is 2. The number of benzene rings is 1. The first-order valence-electron chi connectivity index (χ1n) is 5.03. The molecule has 0 radical (unpaired) electrons. The van der Waals surface area contributed by atoms with Crippen LogP contribution in [0.15, 0.2) is 24.3 Å². The highest BCUT2D eigenvalue weighted by atomic mass is 35.5. The Hall–Kier alpha value is -2.08. The van der Waals surface area contributed by atoms with Crippen molar-refractivity contribution in [3.8, 4) is 5.75 Å². The number of hydrogen-bond acceptors (Lipinski definition) is 4. The van der Waals surface area contributed by atoms with Gasteiger partial charge in [0.05, 0.1) is 0 Å². The molecular formula is C11H9ClN2O4. The highest BCUT2D eigenvalue weighted by molar-refractivity contribution is 6.30. The lowest BCUT2D eigenvalue weighted by Crippen LogP contribution is -2.67. The zero-order valence-corrected chi connectivity index (χ0v) is 10.1. The van der Waals surface area contributed by atoms with Crippen LogP contribution >= 0.6 is 11.6 Å². The number of nitrogens with one attached hydrogen (secondary N) is 2. The zero-order chi connectivity index (χ0) is 13.3. The Morgan fingerprint density at radius 1 is 1.06 bits per heavy atom. The smallest absolute Gasteiger partial charge is 0.328 e.